The van der Waals surface area contributed by atoms with Crippen molar-refractivity contribution in [2.45, 2.75) is 32.9 Å². The van der Waals surface area contributed by atoms with Gasteiger partial charge in [0.1, 0.15) is 5.56 Å². The summed E-state index contributed by atoms with van der Waals surface area (Å²) in [5.74, 6) is -0.263. The molecule has 0 aromatic heterocycles. The molecule has 1 aliphatic heterocycles. The first-order valence-corrected chi connectivity index (χ1v) is 6.69. The molecule has 2 unspecified atom stereocenters. The van der Waals surface area contributed by atoms with Crippen LogP contribution in [0.3, 0.4) is 0 Å². The lowest BCUT2D eigenvalue weighted by Crippen LogP contribution is -2.56. The molecule has 1 saturated heterocycles. The molecule has 2 atom stereocenters. The van der Waals surface area contributed by atoms with Gasteiger partial charge in [-0.1, -0.05) is 6.07 Å². The zero-order valence-corrected chi connectivity index (χ0v) is 11.9. The van der Waals surface area contributed by atoms with E-state index >= 15 is 0 Å². The monoisotopic (exact) mass is 277 g/mol. The van der Waals surface area contributed by atoms with Crippen molar-refractivity contribution in [3.63, 3.8) is 0 Å². The summed E-state index contributed by atoms with van der Waals surface area (Å²) >= 11 is 0. The van der Waals surface area contributed by atoms with Gasteiger partial charge in [0.25, 0.3) is 11.6 Å². The van der Waals surface area contributed by atoms with Crippen LogP contribution >= 0.6 is 0 Å². The zero-order valence-electron chi connectivity index (χ0n) is 11.9. The molecule has 0 bridgehead atoms. The summed E-state index contributed by atoms with van der Waals surface area (Å²) in [7, 11) is 0. The number of nitro benzene ring substituents is 1. The van der Waals surface area contributed by atoms with Crippen molar-refractivity contribution < 1.29 is 9.72 Å². The maximum Gasteiger partial charge on any atom is 0.282 e. The van der Waals surface area contributed by atoms with Gasteiger partial charge >= 0.3 is 0 Å². The largest absolute Gasteiger partial charge is 0.333 e. The molecular formula is C14H19N3O3. The average Bonchev–Trinajstić information content (AvgIpc) is 2.40. The first-order chi connectivity index (χ1) is 9.40. The van der Waals surface area contributed by atoms with Gasteiger partial charge in [0.15, 0.2) is 0 Å². The van der Waals surface area contributed by atoms with E-state index in [0.29, 0.717) is 13.1 Å². The second-order valence-corrected chi connectivity index (χ2v) is 5.39. The van der Waals surface area contributed by atoms with Crippen LogP contribution in [0.2, 0.25) is 0 Å². The fourth-order valence-corrected chi connectivity index (χ4v) is 2.44. The molecule has 6 heteroatoms. The third-order valence-corrected chi connectivity index (χ3v) is 3.60. The third-order valence-electron chi connectivity index (χ3n) is 3.60. The van der Waals surface area contributed by atoms with Gasteiger partial charge in [-0.25, -0.2) is 0 Å². The Morgan fingerprint density at radius 1 is 1.45 bits per heavy atom. The fourth-order valence-electron chi connectivity index (χ4n) is 2.44. The Morgan fingerprint density at radius 3 is 2.80 bits per heavy atom. The van der Waals surface area contributed by atoms with Gasteiger partial charge in [-0.05, 0) is 32.4 Å². The zero-order chi connectivity index (χ0) is 14.9. The van der Waals surface area contributed by atoms with Crippen LogP contribution in [-0.4, -0.2) is 40.9 Å². The summed E-state index contributed by atoms with van der Waals surface area (Å²) < 4.78 is 0. The van der Waals surface area contributed by atoms with Crippen LogP contribution in [0.4, 0.5) is 5.69 Å². The van der Waals surface area contributed by atoms with Crippen molar-refractivity contribution in [1.29, 1.82) is 0 Å². The van der Waals surface area contributed by atoms with Crippen molar-refractivity contribution in [2.24, 2.45) is 0 Å². The van der Waals surface area contributed by atoms with E-state index in [1.165, 1.54) is 6.07 Å². The Morgan fingerprint density at radius 2 is 2.15 bits per heavy atom. The number of nitrogens with one attached hydrogen (secondary N) is 1. The van der Waals surface area contributed by atoms with Gasteiger partial charge in [-0.3, -0.25) is 14.9 Å². The molecule has 1 aromatic carbocycles. The van der Waals surface area contributed by atoms with Crippen molar-refractivity contribution in [3.8, 4) is 0 Å². The summed E-state index contributed by atoms with van der Waals surface area (Å²) in [6, 6.07) is 4.87. The van der Waals surface area contributed by atoms with Gasteiger partial charge in [0, 0.05) is 31.2 Å². The average molecular weight is 277 g/mol. The summed E-state index contributed by atoms with van der Waals surface area (Å²) in [5.41, 5.74) is 0.893. The predicted octanol–water partition coefficient (Wildman–Crippen LogP) is 1.73. The molecule has 0 saturated carbocycles. The van der Waals surface area contributed by atoms with E-state index in [2.05, 4.69) is 5.32 Å². The predicted molar refractivity (Wildman–Crippen MR) is 75.8 cm³/mol. The number of hydrogen-bond acceptors (Lipinski definition) is 4. The van der Waals surface area contributed by atoms with Gasteiger partial charge < -0.3 is 10.2 Å². The Bertz CT molecular complexity index is 544. The Hall–Kier alpha value is -1.95. The molecule has 1 amide bonds. The lowest BCUT2D eigenvalue weighted by Gasteiger charge is -2.37. The highest BCUT2D eigenvalue weighted by atomic mass is 16.6. The number of nitro groups is 1. The maximum atomic E-state index is 12.6. The summed E-state index contributed by atoms with van der Waals surface area (Å²) in [6.45, 7) is 7.02. The van der Waals surface area contributed by atoms with E-state index in [9.17, 15) is 14.9 Å². The highest BCUT2D eigenvalue weighted by Crippen LogP contribution is 2.23. The van der Waals surface area contributed by atoms with Gasteiger partial charge in [0.2, 0.25) is 0 Å². The first-order valence-electron chi connectivity index (χ1n) is 6.69. The number of carbonyl (C=O) groups is 1. The van der Waals surface area contributed by atoms with E-state index in [-0.39, 0.29) is 29.2 Å². The Balaban J connectivity index is 2.37. The van der Waals surface area contributed by atoms with Crippen LogP contribution in [-0.2, 0) is 0 Å². The highest BCUT2D eigenvalue weighted by molar-refractivity contribution is 5.98. The minimum absolute atomic E-state index is 0.0267. The maximum absolute atomic E-state index is 12.6. The van der Waals surface area contributed by atoms with Crippen LogP contribution in [0.25, 0.3) is 0 Å². The second kappa shape index (κ2) is 5.58. The summed E-state index contributed by atoms with van der Waals surface area (Å²) in [4.78, 5) is 24.9. The van der Waals surface area contributed by atoms with E-state index in [1.807, 2.05) is 20.8 Å². The smallest absolute Gasteiger partial charge is 0.282 e. The van der Waals surface area contributed by atoms with Crippen molar-refractivity contribution in [1.82, 2.24) is 10.2 Å². The molecule has 2 rings (SSSR count). The molecule has 1 fully saturated rings. The summed E-state index contributed by atoms with van der Waals surface area (Å²) in [6.07, 6.45) is 0. The normalized spacial score (nSPS) is 22.6. The van der Waals surface area contributed by atoms with Crippen LogP contribution in [0.1, 0.15) is 29.8 Å². The number of amides is 1. The standard InChI is InChI=1S/C14H19N3O3/c1-9-4-5-13(17(19)20)12(6-9)14(18)16-8-10(2)15-7-11(16)3/h4-6,10-11,15H,7-8H2,1-3H3. The topological polar surface area (TPSA) is 75.5 Å². The van der Waals surface area contributed by atoms with Gasteiger partial charge in [0.05, 0.1) is 4.92 Å². The van der Waals surface area contributed by atoms with Crippen LogP contribution in [0.15, 0.2) is 18.2 Å². The number of piperazine rings is 1. The van der Waals surface area contributed by atoms with E-state index < -0.39 is 4.92 Å². The Labute approximate surface area is 117 Å². The molecule has 1 heterocycles. The highest BCUT2D eigenvalue weighted by Gasteiger charge is 2.31. The molecule has 108 valence electrons. The lowest BCUT2D eigenvalue weighted by molar-refractivity contribution is -0.385. The first kappa shape index (κ1) is 14.5. The molecule has 1 aromatic rings. The quantitative estimate of drug-likeness (QED) is 0.659. The molecule has 1 N–H and O–H groups in total. The van der Waals surface area contributed by atoms with Crippen molar-refractivity contribution in [2.75, 3.05) is 13.1 Å². The lowest BCUT2D eigenvalue weighted by atomic mass is 10.0. The number of aryl methyl sites for hydroxylation is 1. The van der Waals surface area contributed by atoms with Crippen LogP contribution < -0.4 is 5.32 Å². The number of hydrogen-bond donors (Lipinski definition) is 1. The SMILES string of the molecule is Cc1ccc([N+](=O)[O-])c(C(=O)N2CC(C)NCC2C)c1. The molecule has 0 aliphatic carbocycles. The van der Waals surface area contributed by atoms with E-state index in [1.54, 1.807) is 17.0 Å². The molecule has 20 heavy (non-hydrogen) atoms. The van der Waals surface area contributed by atoms with E-state index in [4.69, 9.17) is 0 Å². The minimum Gasteiger partial charge on any atom is -0.333 e. The van der Waals surface area contributed by atoms with Crippen LogP contribution in [0.5, 0.6) is 0 Å². The number of nitrogens with zero attached hydrogens (tertiary/aromatic N) is 2. The fraction of sp³-hybridized carbons (Fsp3) is 0.500. The number of rotatable bonds is 2. The Kier molecular flexibility index (Phi) is 4.04. The minimum atomic E-state index is -0.497. The van der Waals surface area contributed by atoms with Crippen molar-refractivity contribution in [3.05, 3.63) is 39.4 Å². The second-order valence-electron chi connectivity index (χ2n) is 5.39. The molecule has 0 radical (unpaired) electrons. The van der Waals surface area contributed by atoms with Crippen LogP contribution in [0, 0.1) is 17.0 Å². The number of carbonyl (C=O) groups excluding carboxylic acids is 1. The molecule has 1 aliphatic rings. The van der Waals surface area contributed by atoms with E-state index in [0.717, 1.165) is 5.56 Å². The summed E-state index contributed by atoms with van der Waals surface area (Å²) in [5, 5.41) is 14.4. The third kappa shape index (κ3) is 2.80. The van der Waals surface area contributed by atoms with Gasteiger partial charge in [-0.2, -0.15) is 0 Å². The molecular weight excluding hydrogens is 258 g/mol. The number of benzene rings is 1. The van der Waals surface area contributed by atoms with Gasteiger partial charge in [-0.15, -0.1) is 0 Å². The van der Waals surface area contributed by atoms with Crippen molar-refractivity contribution >= 4 is 11.6 Å². The molecule has 6 nitrogen and oxygen atoms in total. The molecule has 0 spiro atoms.